The van der Waals surface area contributed by atoms with Crippen molar-refractivity contribution in [2.24, 2.45) is 0 Å². The van der Waals surface area contributed by atoms with Gasteiger partial charge in [-0.15, -0.1) is 11.8 Å². The van der Waals surface area contributed by atoms with Crippen molar-refractivity contribution in [3.05, 3.63) is 29.6 Å². The lowest BCUT2D eigenvalue weighted by molar-refractivity contribution is -0.896. The molecular weight excluding hydrogens is 323 g/mol. The Morgan fingerprint density at radius 1 is 1.48 bits per heavy atom. The van der Waals surface area contributed by atoms with Gasteiger partial charge in [-0.1, -0.05) is 0 Å². The number of ketones is 1. The molecule has 2 heterocycles. The fraction of sp³-hybridized carbons (Fsp3) is 0.400. The molecule has 2 atom stereocenters. The van der Waals surface area contributed by atoms with Crippen LogP contribution in [0.5, 0.6) is 0 Å². The molecule has 1 aromatic carbocycles. The quantitative estimate of drug-likeness (QED) is 0.593. The number of ether oxygens (including phenoxy) is 1. The fourth-order valence-electron chi connectivity index (χ4n) is 2.85. The van der Waals surface area contributed by atoms with Gasteiger partial charge in [-0.05, 0) is 18.2 Å². The predicted molar refractivity (Wildman–Crippen MR) is 82.0 cm³/mol. The van der Waals surface area contributed by atoms with E-state index in [2.05, 4.69) is 0 Å². The number of methoxy groups -OCH3 is 1. The molecule has 1 N–H and O–H groups in total. The highest BCUT2D eigenvalue weighted by Crippen LogP contribution is 2.28. The molecule has 0 saturated carbocycles. The lowest BCUT2D eigenvalue weighted by Gasteiger charge is -2.30. The smallest absolute Gasteiger partial charge is 0.324 e. The first-order valence-electron chi connectivity index (χ1n) is 7.20. The van der Waals surface area contributed by atoms with Gasteiger partial charge in [0.25, 0.3) is 5.78 Å². The second kappa shape index (κ2) is 6.29. The number of anilines is 1. The number of nitrogens with zero attached hydrogens (tertiary/aromatic N) is 1. The first-order chi connectivity index (χ1) is 11.0. The Balaban J connectivity index is 1.77. The maximum absolute atomic E-state index is 13.3. The number of halogens is 1. The van der Waals surface area contributed by atoms with Gasteiger partial charge >= 0.3 is 11.9 Å². The second-order valence-corrected chi connectivity index (χ2v) is 6.78. The number of amides is 1. The van der Waals surface area contributed by atoms with E-state index in [1.807, 2.05) is 0 Å². The first kappa shape index (κ1) is 15.9. The van der Waals surface area contributed by atoms with Crippen LogP contribution in [0.3, 0.4) is 0 Å². The molecule has 0 aliphatic carbocycles. The number of benzene rings is 1. The number of quaternary nitrogens is 1. The number of nitrogens with one attached hydrogen (secondary N) is 1. The second-order valence-electron chi connectivity index (χ2n) is 5.47. The van der Waals surface area contributed by atoms with Crippen molar-refractivity contribution in [1.82, 2.24) is 0 Å². The summed E-state index contributed by atoms with van der Waals surface area (Å²) < 4.78 is 18.1. The highest BCUT2D eigenvalue weighted by molar-refractivity contribution is 8.00. The molecular formula is C15H16FN2O4S+. The van der Waals surface area contributed by atoms with Gasteiger partial charge in [-0.25, -0.2) is 4.39 Å². The molecule has 6 nitrogen and oxygen atoms in total. The summed E-state index contributed by atoms with van der Waals surface area (Å²) in [7, 11) is 1.35. The molecule has 1 saturated heterocycles. The molecule has 1 fully saturated rings. The first-order valence-corrected chi connectivity index (χ1v) is 8.25. The van der Waals surface area contributed by atoms with Crippen molar-refractivity contribution in [1.29, 1.82) is 0 Å². The van der Waals surface area contributed by atoms with E-state index in [9.17, 15) is 18.8 Å². The van der Waals surface area contributed by atoms with Crippen LogP contribution in [-0.4, -0.2) is 55.5 Å². The summed E-state index contributed by atoms with van der Waals surface area (Å²) in [6.07, 6.45) is 0. The van der Waals surface area contributed by atoms with Crippen LogP contribution < -0.4 is 9.80 Å². The molecule has 0 spiro atoms. The predicted octanol–water partition coefficient (Wildman–Crippen LogP) is -0.514. The van der Waals surface area contributed by atoms with Gasteiger partial charge in [0, 0.05) is 5.75 Å². The van der Waals surface area contributed by atoms with Gasteiger partial charge in [-0.2, -0.15) is 0 Å². The molecule has 23 heavy (non-hydrogen) atoms. The molecule has 1 unspecified atom stereocenters. The molecule has 3 rings (SSSR count). The van der Waals surface area contributed by atoms with Crippen LogP contribution in [-0.2, 0) is 14.3 Å². The van der Waals surface area contributed by atoms with Crippen molar-refractivity contribution in [2.45, 2.75) is 5.25 Å². The molecule has 2 aliphatic heterocycles. The third kappa shape index (κ3) is 2.96. The lowest BCUT2D eigenvalue weighted by atomic mass is 10.1. The number of fused-ring (bicyclic) bond motifs is 1. The Labute approximate surface area is 136 Å². The van der Waals surface area contributed by atoms with Gasteiger partial charge in [0.1, 0.15) is 12.4 Å². The van der Waals surface area contributed by atoms with E-state index in [1.165, 1.54) is 35.9 Å². The third-order valence-corrected chi connectivity index (χ3v) is 5.23. The zero-order valence-electron chi connectivity index (χ0n) is 12.5. The number of carbonyl (C=O) groups excluding carboxylic acids is 3. The van der Waals surface area contributed by atoms with Gasteiger partial charge < -0.3 is 9.64 Å². The van der Waals surface area contributed by atoms with Crippen molar-refractivity contribution < 1.29 is 28.4 Å². The molecule has 0 bridgehead atoms. The van der Waals surface area contributed by atoms with Crippen LogP contribution in [0.2, 0.25) is 0 Å². The number of esters is 1. The number of thioether (sulfide) groups is 1. The lowest BCUT2D eigenvalue weighted by Crippen LogP contribution is -3.16. The van der Waals surface area contributed by atoms with E-state index in [4.69, 9.17) is 4.74 Å². The molecule has 122 valence electrons. The van der Waals surface area contributed by atoms with E-state index < -0.39 is 17.5 Å². The third-order valence-electron chi connectivity index (χ3n) is 4.03. The average molecular weight is 339 g/mol. The summed E-state index contributed by atoms with van der Waals surface area (Å²) in [5.41, 5.74) is 0.534. The summed E-state index contributed by atoms with van der Waals surface area (Å²) in [4.78, 5) is 38.2. The van der Waals surface area contributed by atoms with Crippen LogP contribution in [0, 0.1) is 5.82 Å². The summed E-state index contributed by atoms with van der Waals surface area (Å²) in [5.74, 6) is -1.39. The van der Waals surface area contributed by atoms with Gasteiger partial charge in [-0.3, -0.25) is 19.3 Å². The highest BCUT2D eigenvalue weighted by atomic mass is 32.2. The molecule has 1 amide bonds. The van der Waals surface area contributed by atoms with E-state index in [-0.39, 0.29) is 23.5 Å². The summed E-state index contributed by atoms with van der Waals surface area (Å²) in [6.45, 7) is 1.57. The van der Waals surface area contributed by atoms with E-state index in [1.54, 1.807) is 0 Å². The van der Waals surface area contributed by atoms with Crippen molar-refractivity contribution in [2.75, 3.05) is 37.5 Å². The van der Waals surface area contributed by atoms with Gasteiger partial charge in [0.2, 0.25) is 0 Å². The number of hydrogen-bond acceptors (Lipinski definition) is 5. The van der Waals surface area contributed by atoms with Crippen molar-refractivity contribution >= 4 is 35.1 Å². The number of rotatable bonds is 3. The molecule has 0 aromatic heterocycles. The Kier molecular flexibility index (Phi) is 4.36. The van der Waals surface area contributed by atoms with Crippen LogP contribution >= 0.6 is 11.8 Å². The van der Waals surface area contributed by atoms with Crippen molar-refractivity contribution in [3.8, 4) is 0 Å². The normalized spacial score (nSPS) is 23.8. The van der Waals surface area contributed by atoms with Crippen LogP contribution in [0.4, 0.5) is 10.1 Å². The molecule has 1 aromatic rings. The number of hydrogen-bond donors (Lipinski definition) is 1. The van der Waals surface area contributed by atoms with E-state index in [0.29, 0.717) is 12.2 Å². The van der Waals surface area contributed by atoms with Gasteiger partial charge in [0.05, 0.1) is 24.9 Å². The molecule has 8 heteroatoms. The molecule has 2 aliphatic rings. The van der Waals surface area contributed by atoms with E-state index >= 15 is 0 Å². The van der Waals surface area contributed by atoms with Crippen LogP contribution in [0.25, 0.3) is 0 Å². The van der Waals surface area contributed by atoms with Crippen LogP contribution in [0.1, 0.15) is 10.4 Å². The standard InChI is InChI=1S/C15H15FN2O4S/c1-22-15(21)12-7-17(4-5-23-12)8-18-11-3-2-9(16)6-10(11)13(19)14(18)20/h2-3,6,12H,4-5,7-8H2,1H3/p+1/t12-/m1/s1. The minimum atomic E-state index is -0.685. The minimum absolute atomic E-state index is 0.102. The Morgan fingerprint density at radius 3 is 3.00 bits per heavy atom. The van der Waals surface area contributed by atoms with E-state index in [0.717, 1.165) is 23.3 Å². The number of Topliss-reactive ketones (excluding diaryl/α,β-unsaturated/α-hetero) is 1. The SMILES string of the molecule is COC(=O)[C@H]1C[NH+](CN2C(=O)C(=O)c3cc(F)ccc32)CCS1. The maximum atomic E-state index is 13.3. The summed E-state index contributed by atoms with van der Waals surface area (Å²) >= 11 is 1.53. The maximum Gasteiger partial charge on any atom is 0.324 e. The highest BCUT2D eigenvalue weighted by Gasteiger charge is 2.39. The number of carbonyl (C=O) groups is 3. The zero-order chi connectivity index (χ0) is 16.6. The van der Waals surface area contributed by atoms with Gasteiger partial charge in [0.15, 0.2) is 11.9 Å². The Morgan fingerprint density at radius 2 is 2.26 bits per heavy atom. The summed E-state index contributed by atoms with van der Waals surface area (Å²) in [6, 6.07) is 3.77. The Hall–Kier alpha value is -1.93. The van der Waals surface area contributed by atoms with Crippen LogP contribution in [0.15, 0.2) is 18.2 Å². The molecule has 0 radical (unpaired) electrons. The average Bonchev–Trinajstić information content (AvgIpc) is 2.79. The largest absolute Gasteiger partial charge is 0.468 e. The van der Waals surface area contributed by atoms with Crippen molar-refractivity contribution in [3.63, 3.8) is 0 Å². The minimum Gasteiger partial charge on any atom is -0.468 e. The Bertz CT molecular complexity index is 681. The fourth-order valence-corrected chi connectivity index (χ4v) is 4.13. The monoisotopic (exact) mass is 339 g/mol. The topological polar surface area (TPSA) is 68.1 Å². The summed E-state index contributed by atoms with van der Waals surface area (Å²) in [5, 5.41) is -0.273. The zero-order valence-corrected chi connectivity index (χ0v) is 13.3.